The van der Waals surface area contributed by atoms with Gasteiger partial charge in [-0.05, 0) is 40.5 Å². The van der Waals surface area contributed by atoms with E-state index in [-0.39, 0.29) is 11.8 Å². The second kappa shape index (κ2) is 8.68. The van der Waals surface area contributed by atoms with Gasteiger partial charge in [-0.3, -0.25) is 4.79 Å². The highest BCUT2D eigenvalue weighted by atomic mass is 16.1. The zero-order valence-corrected chi connectivity index (χ0v) is 10.5. The minimum absolute atomic E-state index is 0.0591. The second-order valence-corrected chi connectivity index (χ2v) is 4.26. The van der Waals surface area contributed by atoms with Crippen molar-refractivity contribution in [3.05, 3.63) is 0 Å². The molecule has 0 aliphatic rings. The monoisotopic (exact) mass is 215 g/mol. The van der Waals surface area contributed by atoms with Gasteiger partial charge in [-0.15, -0.1) is 0 Å². The van der Waals surface area contributed by atoms with Gasteiger partial charge in [0.1, 0.15) is 0 Å². The van der Waals surface area contributed by atoms with Crippen molar-refractivity contribution in [2.24, 2.45) is 5.92 Å². The molecule has 0 rings (SSSR count). The van der Waals surface area contributed by atoms with Crippen LogP contribution in [0.15, 0.2) is 0 Å². The molecule has 0 aliphatic carbocycles. The van der Waals surface area contributed by atoms with E-state index in [1.165, 1.54) is 0 Å². The minimum atomic E-state index is 0.0591. The summed E-state index contributed by atoms with van der Waals surface area (Å²) >= 11 is 0. The minimum Gasteiger partial charge on any atom is -0.356 e. The summed E-state index contributed by atoms with van der Waals surface area (Å²) in [6.45, 7) is 4.55. The molecular weight excluding hydrogens is 190 g/mol. The topological polar surface area (TPSA) is 44.4 Å². The molecule has 0 radical (unpaired) electrons. The third-order valence-corrected chi connectivity index (χ3v) is 2.29. The Morgan fingerprint density at radius 1 is 1.33 bits per heavy atom. The maximum Gasteiger partial charge on any atom is 0.224 e. The molecule has 90 valence electrons. The first kappa shape index (κ1) is 14.4. The first-order valence-corrected chi connectivity index (χ1v) is 5.65. The average molecular weight is 215 g/mol. The van der Waals surface area contributed by atoms with Crippen molar-refractivity contribution in [1.82, 2.24) is 15.5 Å². The number of unbranched alkanes of at least 4 members (excludes halogenated alkanes) is 1. The summed E-state index contributed by atoms with van der Waals surface area (Å²) in [4.78, 5) is 13.6. The standard InChI is InChI=1S/C11H25N3O/c1-10(9-12-2)11(15)13-7-5-6-8-14(3)4/h10,12H,5-9H2,1-4H3,(H,13,15). The number of carbonyl (C=O) groups is 1. The predicted molar refractivity (Wildman–Crippen MR) is 63.9 cm³/mol. The van der Waals surface area contributed by atoms with Crippen LogP contribution in [0.2, 0.25) is 0 Å². The third kappa shape index (κ3) is 8.39. The molecule has 0 bridgehead atoms. The van der Waals surface area contributed by atoms with Gasteiger partial charge in [-0.1, -0.05) is 6.92 Å². The highest BCUT2D eigenvalue weighted by Gasteiger charge is 2.10. The zero-order valence-electron chi connectivity index (χ0n) is 10.5. The summed E-state index contributed by atoms with van der Waals surface area (Å²) in [7, 11) is 5.99. The van der Waals surface area contributed by atoms with E-state index in [0.29, 0.717) is 0 Å². The van der Waals surface area contributed by atoms with E-state index in [4.69, 9.17) is 0 Å². The maximum absolute atomic E-state index is 11.5. The van der Waals surface area contributed by atoms with E-state index in [9.17, 15) is 4.79 Å². The van der Waals surface area contributed by atoms with Crippen molar-refractivity contribution >= 4 is 5.91 Å². The molecule has 0 aromatic carbocycles. The van der Waals surface area contributed by atoms with E-state index in [1.807, 2.05) is 14.0 Å². The molecule has 15 heavy (non-hydrogen) atoms. The van der Waals surface area contributed by atoms with Crippen LogP contribution in [-0.4, -0.2) is 51.6 Å². The Morgan fingerprint density at radius 2 is 2.00 bits per heavy atom. The zero-order chi connectivity index (χ0) is 11.7. The van der Waals surface area contributed by atoms with Crippen LogP contribution < -0.4 is 10.6 Å². The first-order valence-electron chi connectivity index (χ1n) is 5.65. The third-order valence-electron chi connectivity index (χ3n) is 2.29. The number of hydrogen-bond donors (Lipinski definition) is 2. The van der Waals surface area contributed by atoms with Crippen molar-refractivity contribution in [3.8, 4) is 0 Å². The number of hydrogen-bond acceptors (Lipinski definition) is 3. The van der Waals surface area contributed by atoms with Gasteiger partial charge in [-0.2, -0.15) is 0 Å². The summed E-state index contributed by atoms with van der Waals surface area (Å²) in [6.07, 6.45) is 2.18. The van der Waals surface area contributed by atoms with Gasteiger partial charge in [0, 0.05) is 19.0 Å². The normalized spacial score (nSPS) is 12.9. The molecule has 4 heteroatoms. The van der Waals surface area contributed by atoms with Gasteiger partial charge >= 0.3 is 0 Å². The van der Waals surface area contributed by atoms with E-state index in [1.54, 1.807) is 0 Å². The smallest absolute Gasteiger partial charge is 0.224 e. The Balaban J connectivity index is 3.38. The lowest BCUT2D eigenvalue weighted by atomic mass is 10.1. The van der Waals surface area contributed by atoms with E-state index >= 15 is 0 Å². The van der Waals surface area contributed by atoms with Gasteiger partial charge < -0.3 is 15.5 Å². The van der Waals surface area contributed by atoms with Gasteiger partial charge in [0.05, 0.1) is 0 Å². The fourth-order valence-corrected chi connectivity index (χ4v) is 1.34. The summed E-state index contributed by atoms with van der Waals surface area (Å²) in [5.41, 5.74) is 0. The Labute approximate surface area is 93.4 Å². The van der Waals surface area contributed by atoms with Crippen LogP contribution in [0.4, 0.5) is 0 Å². The van der Waals surface area contributed by atoms with Crippen LogP contribution in [0.25, 0.3) is 0 Å². The van der Waals surface area contributed by atoms with Crippen LogP contribution in [-0.2, 0) is 4.79 Å². The predicted octanol–water partition coefficient (Wildman–Crippen LogP) is 0.300. The van der Waals surface area contributed by atoms with Crippen LogP contribution in [0.1, 0.15) is 19.8 Å². The summed E-state index contributed by atoms with van der Waals surface area (Å²) in [5, 5.41) is 5.94. The Bertz CT molecular complexity index is 171. The molecule has 1 unspecified atom stereocenters. The SMILES string of the molecule is CNCC(C)C(=O)NCCCCN(C)C. The van der Waals surface area contributed by atoms with Gasteiger partial charge in [0.25, 0.3) is 0 Å². The van der Waals surface area contributed by atoms with E-state index in [0.717, 1.165) is 32.5 Å². The number of nitrogens with zero attached hydrogens (tertiary/aromatic N) is 1. The largest absolute Gasteiger partial charge is 0.356 e. The highest BCUT2D eigenvalue weighted by molar-refractivity contribution is 5.78. The van der Waals surface area contributed by atoms with E-state index < -0.39 is 0 Å². The van der Waals surface area contributed by atoms with Gasteiger partial charge in [0.15, 0.2) is 0 Å². The first-order chi connectivity index (χ1) is 7.07. The van der Waals surface area contributed by atoms with Crippen molar-refractivity contribution in [1.29, 1.82) is 0 Å². The Hall–Kier alpha value is -0.610. The quantitative estimate of drug-likeness (QED) is 0.572. The van der Waals surface area contributed by atoms with Crippen molar-refractivity contribution in [2.75, 3.05) is 40.8 Å². The summed E-state index contributed by atoms with van der Waals surface area (Å²) in [5.74, 6) is 0.207. The van der Waals surface area contributed by atoms with Crippen LogP contribution in [0, 0.1) is 5.92 Å². The molecule has 0 saturated heterocycles. The Morgan fingerprint density at radius 3 is 2.53 bits per heavy atom. The molecular formula is C11H25N3O. The van der Waals surface area contributed by atoms with Crippen molar-refractivity contribution < 1.29 is 4.79 Å². The molecule has 0 aromatic heterocycles. The molecule has 0 fully saturated rings. The van der Waals surface area contributed by atoms with Gasteiger partial charge in [0.2, 0.25) is 5.91 Å². The van der Waals surface area contributed by atoms with Crippen LogP contribution in [0.3, 0.4) is 0 Å². The number of rotatable bonds is 8. The summed E-state index contributed by atoms with van der Waals surface area (Å²) < 4.78 is 0. The molecule has 0 aromatic rings. The fraction of sp³-hybridized carbons (Fsp3) is 0.909. The molecule has 0 heterocycles. The molecule has 2 N–H and O–H groups in total. The molecule has 1 amide bonds. The number of amides is 1. The van der Waals surface area contributed by atoms with Gasteiger partial charge in [-0.25, -0.2) is 0 Å². The second-order valence-electron chi connectivity index (χ2n) is 4.26. The molecule has 0 spiro atoms. The Kier molecular flexibility index (Phi) is 8.33. The van der Waals surface area contributed by atoms with Crippen LogP contribution >= 0.6 is 0 Å². The lowest BCUT2D eigenvalue weighted by molar-refractivity contribution is -0.124. The molecule has 4 nitrogen and oxygen atoms in total. The molecule has 0 saturated carbocycles. The maximum atomic E-state index is 11.5. The number of carbonyl (C=O) groups excluding carboxylic acids is 1. The highest BCUT2D eigenvalue weighted by Crippen LogP contribution is 1.93. The fourth-order valence-electron chi connectivity index (χ4n) is 1.34. The lowest BCUT2D eigenvalue weighted by Gasteiger charge is -2.12. The molecule has 1 atom stereocenters. The average Bonchev–Trinajstić information content (AvgIpc) is 2.16. The molecule has 0 aliphatic heterocycles. The van der Waals surface area contributed by atoms with Crippen LogP contribution in [0.5, 0.6) is 0 Å². The number of nitrogens with one attached hydrogen (secondary N) is 2. The van der Waals surface area contributed by atoms with Crippen molar-refractivity contribution in [2.45, 2.75) is 19.8 Å². The lowest BCUT2D eigenvalue weighted by Crippen LogP contribution is -2.34. The van der Waals surface area contributed by atoms with E-state index in [2.05, 4.69) is 29.6 Å². The van der Waals surface area contributed by atoms with Crippen molar-refractivity contribution in [3.63, 3.8) is 0 Å². The summed E-state index contributed by atoms with van der Waals surface area (Å²) in [6, 6.07) is 0.